The predicted molar refractivity (Wildman–Crippen MR) is 105 cm³/mol. The van der Waals surface area contributed by atoms with E-state index in [9.17, 15) is 4.79 Å². The Morgan fingerprint density at radius 1 is 1.04 bits per heavy atom. The van der Waals surface area contributed by atoms with E-state index in [4.69, 9.17) is 4.74 Å². The van der Waals surface area contributed by atoms with Crippen LogP contribution in [0.3, 0.4) is 0 Å². The number of hydrogen-bond acceptors (Lipinski definition) is 4. The number of ether oxygens (including phenoxy) is 1. The van der Waals surface area contributed by atoms with Crippen molar-refractivity contribution in [2.75, 3.05) is 26.2 Å². The van der Waals surface area contributed by atoms with Crippen LogP contribution in [-0.4, -0.2) is 46.9 Å². The number of rotatable bonds is 3. The number of amides is 1. The maximum Gasteiger partial charge on any atom is 0.272 e. The van der Waals surface area contributed by atoms with E-state index >= 15 is 0 Å². The van der Waals surface area contributed by atoms with Gasteiger partial charge in [-0.05, 0) is 55.8 Å². The van der Waals surface area contributed by atoms with Crippen LogP contribution < -0.4 is 4.74 Å². The molecule has 5 heteroatoms. The second kappa shape index (κ2) is 8.53. The zero-order valence-corrected chi connectivity index (χ0v) is 15.8. The molecule has 0 spiro atoms. The third-order valence-corrected chi connectivity index (χ3v) is 5.38. The maximum absolute atomic E-state index is 12.8. The van der Waals surface area contributed by atoms with E-state index in [-0.39, 0.29) is 5.91 Å². The maximum atomic E-state index is 12.8. The molecule has 1 aromatic heterocycles. The third kappa shape index (κ3) is 4.48. The van der Waals surface area contributed by atoms with Crippen molar-refractivity contribution in [1.82, 2.24) is 14.8 Å². The highest BCUT2D eigenvalue weighted by molar-refractivity contribution is 5.92. The first-order valence-electron chi connectivity index (χ1n) is 9.97. The van der Waals surface area contributed by atoms with E-state index in [2.05, 4.69) is 28.1 Å². The monoisotopic (exact) mass is 365 g/mol. The zero-order chi connectivity index (χ0) is 18.5. The number of likely N-dealkylation sites (tertiary alicyclic amines) is 1. The molecule has 27 heavy (non-hydrogen) atoms. The van der Waals surface area contributed by atoms with Crippen LogP contribution in [0.4, 0.5) is 0 Å². The average molecular weight is 365 g/mol. The lowest BCUT2D eigenvalue weighted by Gasteiger charge is -2.21. The van der Waals surface area contributed by atoms with Crippen molar-refractivity contribution in [2.45, 2.75) is 38.8 Å². The molecule has 3 heterocycles. The van der Waals surface area contributed by atoms with Gasteiger partial charge >= 0.3 is 0 Å². The van der Waals surface area contributed by atoms with Crippen molar-refractivity contribution in [2.24, 2.45) is 0 Å². The van der Waals surface area contributed by atoms with Crippen LogP contribution in [-0.2, 0) is 13.1 Å². The molecule has 1 saturated heterocycles. The molecule has 2 aliphatic rings. The number of hydrogen-bond donors (Lipinski definition) is 0. The molecule has 0 atom stereocenters. The van der Waals surface area contributed by atoms with Crippen LogP contribution in [0.15, 0.2) is 42.6 Å². The van der Waals surface area contributed by atoms with Gasteiger partial charge in [0.2, 0.25) is 0 Å². The first-order chi connectivity index (χ1) is 13.3. The number of fused-ring (bicyclic) bond motifs is 1. The first-order valence-corrected chi connectivity index (χ1v) is 9.97. The average Bonchev–Trinajstić information content (AvgIpc) is 3.08. The molecule has 142 valence electrons. The molecule has 4 rings (SSSR count). The van der Waals surface area contributed by atoms with Crippen molar-refractivity contribution in [3.63, 3.8) is 0 Å². The lowest BCUT2D eigenvalue weighted by Crippen LogP contribution is -2.33. The van der Waals surface area contributed by atoms with Gasteiger partial charge in [0.05, 0.1) is 6.54 Å². The van der Waals surface area contributed by atoms with E-state index in [1.165, 1.54) is 44.3 Å². The highest BCUT2D eigenvalue weighted by Crippen LogP contribution is 2.26. The summed E-state index contributed by atoms with van der Waals surface area (Å²) in [6.45, 7) is 4.98. The van der Waals surface area contributed by atoms with Gasteiger partial charge < -0.3 is 9.64 Å². The topological polar surface area (TPSA) is 45.7 Å². The van der Waals surface area contributed by atoms with E-state index in [1.807, 2.05) is 17.0 Å². The molecule has 0 aliphatic carbocycles. The molecule has 0 radical (unpaired) electrons. The predicted octanol–water partition coefficient (Wildman–Crippen LogP) is 3.49. The van der Waals surface area contributed by atoms with Gasteiger partial charge in [-0.1, -0.05) is 25.0 Å². The van der Waals surface area contributed by atoms with Gasteiger partial charge in [0.25, 0.3) is 5.91 Å². The number of pyridine rings is 1. The Kier molecular flexibility index (Phi) is 5.68. The zero-order valence-electron chi connectivity index (χ0n) is 15.8. The summed E-state index contributed by atoms with van der Waals surface area (Å²) in [5, 5.41) is 0. The Morgan fingerprint density at radius 3 is 2.67 bits per heavy atom. The van der Waals surface area contributed by atoms with E-state index < -0.39 is 0 Å². The van der Waals surface area contributed by atoms with Gasteiger partial charge in [0, 0.05) is 24.8 Å². The largest absolute Gasteiger partial charge is 0.491 e. The molecular weight excluding hydrogens is 338 g/mol. The van der Waals surface area contributed by atoms with Crippen LogP contribution in [0, 0.1) is 0 Å². The minimum atomic E-state index is -0.0371. The highest BCUT2D eigenvalue weighted by Gasteiger charge is 2.22. The number of aromatic nitrogens is 1. The summed E-state index contributed by atoms with van der Waals surface area (Å²) in [6, 6.07) is 11.9. The summed E-state index contributed by atoms with van der Waals surface area (Å²) in [6.07, 6.45) is 6.94. The van der Waals surface area contributed by atoms with Crippen LogP contribution >= 0.6 is 0 Å². The molecule has 2 aromatic rings. The fraction of sp³-hybridized carbons (Fsp3) is 0.455. The second-order valence-corrected chi connectivity index (χ2v) is 7.42. The first kappa shape index (κ1) is 18.0. The Hall–Kier alpha value is -2.40. The van der Waals surface area contributed by atoms with E-state index in [0.29, 0.717) is 25.4 Å². The van der Waals surface area contributed by atoms with Crippen molar-refractivity contribution < 1.29 is 9.53 Å². The Morgan fingerprint density at radius 2 is 1.89 bits per heavy atom. The van der Waals surface area contributed by atoms with Crippen molar-refractivity contribution >= 4 is 5.91 Å². The fourth-order valence-corrected chi connectivity index (χ4v) is 3.92. The number of carbonyl (C=O) groups is 1. The SMILES string of the molecule is O=C(c1ccccn1)N1CCOc2ccc(CN3CCCCCC3)cc2C1. The molecule has 0 saturated carbocycles. The molecule has 1 amide bonds. The fourth-order valence-electron chi connectivity index (χ4n) is 3.92. The van der Waals surface area contributed by atoms with Gasteiger partial charge in [-0.15, -0.1) is 0 Å². The summed E-state index contributed by atoms with van der Waals surface area (Å²) in [7, 11) is 0. The van der Waals surface area contributed by atoms with Crippen LogP contribution in [0.5, 0.6) is 5.75 Å². The van der Waals surface area contributed by atoms with E-state index in [0.717, 1.165) is 17.9 Å². The third-order valence-electron chi connectivity index (χ3n) is 5.38. The molecule has 1 aromatic carbocycles. The molecule has 0 N–H and O–H groups in total. The summed E-state index contributed by atoms with van der Waals surface area (Å²) in [5.41, 5.74) is 2.87. The quantitative estimate of drug-likeness (QED) is 0.835. The highest BCUT2D eigenvalue weighted by atomic mass is 16.5. The van der Waals surface area contributed by atoms with Gasteiger partial charge in [-0.3, -0.25) is 14.7 Å². The molecule has 2 aliphatic heterocycles. The smallest absolute Gasteiger partial charge is 0.272 e. The lowest BCUT2D eigenvalue weighted by atomic mass is 10.1. The van der Waals surface area contributed by atoms with Crippen molar-refractivity contribution in [3.05, 3.63) is 59.4 Å². The van der Waals surface area contributed by atoms with Gasteiger partial charge in [0.15, 0.2) is 0 Å². The molecule has 1 fully saturated rings. The second-order valence-electron chi connectivity index (χ2n) is 7.42. The minimum Gasteiger partial charge on any atom is -0.491 e. The lowest BCUT2D eigenvalue weighted by molar-refractivity contribution is 0.0727. The molecule has 5 nitrogen and oxygen atoms in total. The van der Waals surface area contributed by atoms with Crippen LogP contribution in [0.25, 0.3) is 0 Å². The van der Waals surface area contributed by atoms with Gasteiger partial charge in [-0.2, -0.15) is 0 Å². The Labute approximate surface area is 161 Å². The Bertz CT molecular complexity index is 770. The van der Waals surface area contributed by atoms with Crippen molar-refractivity contribution in [1.29, 1.82) is 0 Å². The Balaban J connectivity index is 1.50. The normalized spacial score (nSPS) is 18.1. The standard InChI is InChI=1S/C22H27N3O2/c26-22(20-7-3-4-10-23-20)25-13-14-27-21-9-8-18(15-19(21)17-25)16-24-11-5-1-2-6-12-24/h3-4,7-10,15H,1-2,5-6,11-14,16-17H2. The molecular formula is C22H27N3O2. The minimum absolute atomic E-state index is 0.0371. The molecule has 0 bridgehead atoms. The summed E-state index contributed by atoms with van der Waals surface area (Å²) in [4.78, 5) is 21.4. The van der Waals surface area contributed by atoms with Gasteiger partial charge in [-0.25, -0.2) is 0 Å². The van der Waals surface area contributed by atoms with Gasteiger partial charge in [0.1, 0.15) is 18.1 Å². The summed E-state index contributed by atoms with van der Waals surface area (Å²) in [5.74, 6) is 0.857. The van der Waals surface area contributed by atoms with Crippen LogP contribution in [0.1, 0.15) is 47.3 Å². The summed E-state index contributed by atoms with van der Waals surface area (Å²) < 4.78 is 5.90. The van der Waals surface area contributed by atoms with Crippen LogP contribution in [0.2, 0.25) is 0 Å². The van der Waals surface area contributed by atoms with E-state index in [1.54, 1.807) is 12.3 Å². The summed E-state index contributed by atoms with van der Waals surface area (Å²) >= 11 is 0. The number of carbonyl (C=O) groups excluding carboxylic acids is 1. The number of benzene rings is 1. The molecule has 0 unspecified atom stereocenters. The number of nitrogens with zero attached hydrogens (tertiary/aromatic N) is 3. The van der Waals surface area contributed by atoms with Crippen molar-refractivity contribution in [3.8, 4) is 5.75 Å².